The molecule has 0 aliphatic carbocycles. The topological polar surface area (TPSA) is 57.5 Å². The van der Waals surface area contributed by atoms with E-state index in [1.807, 2.05) is 0 Å². The van der Waals surface area contributed by atoms with Gasteiger partial charge in [-0.25, -0.2) is 4.21 Å². The lowest BCUT2D eigenvalue weighted by Crippen LogP contribution is -1.97. The highest BCUT2D eigenvalue weighted by Gasteiger charge is 2.12. The van der Waals surface area contributed by atoms with Gasteiger partial charge in [-0.2, -0.15) is 0 Å². The van der Waals surface area contributed by atoms with Gasteiger partial charge in [0.15, 0.2) is 11.1 Å². The van der Waals surface area contributed by atoms with Crippen molar-refractivity contribution in [3.05, 3.63) is 23.8 Å². The lowest BCUT2D eigenvalue weighted by Gasteiger charge is -2.07. The first-order valence-electron chi connectivity index (χ1n) is 5.08. The number of unbranched alkanes of at least 4 members (excludes halogenated alkanes) is 2. The minimum absolute atomic E-state index is 0.0927. The van der Waals surface area contributed by atoms with E-state index < -0.39 is 11.1 Å². The van der Waals surface area contributed by atoms with Gasteiger partial charge in [0.1, 0.15) is 10.6 Å². The standard InChI is InChI=1S/C11H16O3S/c1-2-3-4-6-9-7-5-8-10(12)11(9)15(13)14/h5,7-8,12H,2-4,6H2,1H3,(H,13,14). The maximum Gasteiger partial charge on any atom is 0.190 e. The molecule has 2 N–H and O–H groups in total. The van der Waals surface area contributed by atoms with E-state index in [1.54, 1.807) is 12.1 Å². The van der Waals surface area contributed by atoms with Crippen molar-refractivity contribution in [2.24, 2.45) is 0 Å². The summed E-state index contributed by atoms with van der Waals surface area (Å²) in [7, 11) is 0. The fourth-order valence-corrected chi connectivity index (χ4v) is 2.18. The number of rotatable bonds is 5. The Morgan fingerprint density at radius 1 is 1.33 bits per heavy atom. The second kappa shape index (κ2) is 5.88. The number of hydrogen-bond acceptors (Lipinski definition) is 2. The summed E-state index contributed by atoms with van der Waals surface area (Å²) >= 11 is -2.11. The van der Waals surface area contributed by atoms with Gasteiger partial charge in [0.05, 0.1) is 0 Å². The molecule has 0 aliphatic rings. The molecule has 0 fully saturated rings. The van der Waals surface area contributed by atoms with Crippen molar-refractivity contribution in [2.75, 3.05) is 0 Å². The average Bonchev–Trinajstić information content (AvgIpc) is 2.17. The summed E-state index contributed by atoms with van der Waals surface area (Å²) in [6.45, 7) is 2.10. The third kappa shape index (κ3) is 3.32. The molecular weight excluding hydrogens is 212 g/mol. The molecule has 1 rings (SSSR count). The number of hydrogen-bond donors (Lipinski definition) is 2. The number of benzene rings is 1. The third-order valence-corrected chi connectivity index (χ3v) is 3.12. The van der Waals surface area contributed by atoms with Crippen molar-refractivity contribution in [2.45, 2.75) is 37.5 Å². The predicted octanol–water partition coefficient (Wildman–Crippen LogP) is 2.71. The van der Waals surface area contributed by atoms with Crippen LogP contribution in [0.3, 0.4) is 0 Å². The first-order valence-corrected chi connectivity index (χ1v) is 6.19. The lowest BCUT2D eigenvalue weighted by atomic mass is 10.1. The summed E-state index contributed by atoms with van der Waals surface area (Å²) in [6, 6.07) is 4.93. The highest BCUT2D eigenvalue weighted by molar-refractivity contribution is 7.79. The van der Waals surface area contributed by atoms with Crippen LogP contribution in [0.25, 0.3) is 0 Å². The summed E-state index contributed by atoms with van der Waals surface area (Å²) in [5, 5.41) is 9.47. The molecule has 0 heterocycles. The molecule has 3 nitrogen and oxygen atoms in total. The smallest absolute Gasteiger partial charge is 0.190 e. The van der Waals surface area contributed by atoms with Gasteiger partial charge in [0.2, 0.25) is 0 Å². The molecular formula is C11H16O3S. The molecule has 0 bridgehead atoms. The van der Waals surface area contributed by atoms with Crippen LogP contribution in [0.15, 0.2) is 23.1 Å². The Morgan fingerprint density at radius 2 is 2.07 bits per heavy atom. The quantitative estimate of drug-likeness (QED) is 0.601. The van der Waals surface area contributed by atoms with Crippen molar-refractivity contribution in [3.63, 3.8) is 0 Å². The van der Waals surface area contributed by atoms with E-state index in [0.29, 0.717) is 0 Å². The molecule has 4 heteroatoms. The highest BCUT2D eigenvalue weighted by atomic mass is 32.2. The van der Waals surface area contributed by atoms with E-state index in [1.165, 1.54) is 6.07 Å². The normalized spacial score (nSPS) is 12.7. The van der Waals surface area contributed by atoms with Crippen LogP contribution >= 0.6 is 0 Å². The summed E-state index contributed by atoms with van der Waals surface area (Å²) in [6.07, 6.45) is 3.91. The van der Waals surface area contributed by atoms with E-state index >= 15 is 0 Å². The van der Waals surface area contributed by atoms with Gasteiger partial charge in [0.25, 0.3) is 0 Å². The zero-order valence-electron chi connectivity index (χ0n) is 8.77. The fourth-order valence-electron chi connectivity index (χ4n) is 1.54. The zero-order chi connectivity index (χ0) is 11.3. The van der Waals surface area contributed by atoms with Crippen LogP contribution in [0.5, 0.6) is 5.75 Å². The van der Waals surface area contributed by atoms with Gasteiger partial charge in [0, 0.05) is 0 Å². The second-order valence-electron chi connectivity index (χ2n) is 3.47. The van der Waals surface area contributed by atoms with E-state index in [0.717, 1.165) is 31.2 Å². The van der Waals surface area contributed by atoms with Crippen molar-refractivity contribution < 1.29 is 13.9 Å². The van der Waals surface area contributed by atoms with E-state index in [4.69, 9.17) is 4.55 Å². The molecule has 1 unspecified atom stereocenters. The van der Waals surface area contributed by atoms with Crippen LogP contribution in [-0.2, 0) is 17.5 Å². The van der Waals surface area contributed by atoms with Crippen LogP contribution < -0.4 is 0 Å². The van der Waals surface area contributed by atoms with Crippen molar-refractivity contribution in [1.29, 1.82) is 0 Å². The maximum absolute atomic E-state index is 11.0. The largest absolute Gasteiger partial charge is 0.507 e. The zero-order valence-corrected chi connectivity index (χ0v) is 9.59. The van der Waals surface area contributed by atoms with Crippen molar-refractivity contribution in [3.8, 4) is 5.75 Å². The number of aryl methyl sites for hydroxylation is 1. The van der Waals surface area contributed by atoms with Gasteiger partial charge >= 0.3 is 0 Å². The monoisotopic (exact) mass is 228 g/mol. The molecule has 84 valence electrons. The molecule has 0 aliphatic heterocycles. The summed E-state index contributed by atoms with van der Waals surface area (Å²) in [4.78, 5) is 0.161. The van der Waals surface area contributed by atoms with Gasteiger partial charge in [-0.3, -0.25) is 0 Å². The molecule has 0 spiro atoms. The molecule has 15 heavy (non-hydrogen) atoms. The van der Waals surface area contributed by atoms with Crippen molar-refractivity contribution >= 4 is 11.1 Å². The van der Waals surface area contributed by atoms with Gasteiger partial charge in [-0.15, -0.1) is 0 Å². The molecule has 1 aromatic carbocycles. The van der Waals surface area contributed by atoms with Crippen LogP contribution in [0.4, 0.5) is 0 Å². The molecule has 0 radical (unpaired) electrons. The average molecular weight is 228 g/mol. The number of aromatic hydroxyl groups is 1. The van der Waals surface area contributed by atoms with E-state index in [9.17, 15) is 9.32 Å². The van der Waals surface area contributed by atoms with Crippen LogP contribution in [0, 0.1) is 0 Å². The van der Waals surface area contributed by atoms with Gasteiger partial charge < -0.3 is 9.66 Å². The summed E-state index contributed by atoms with van der Waals surface area (Å²) < 4.78 is 20.1. The van der Waals surface area contributed by atoms with E-state index in [-0.39, 0.29) is 10.6 Å². The lowest BCUT2D eigenvalue weighted by molar-refractivity contribution is 0.454. The van der Waals surface area contributed by atoms with Crippen LogP contribution in [0.2, 0.25) is 0 Å². The minimum Gasteiger partial charge on any atom is -0.507 e. The first kappa shape index (κ1) is 12.2. The van der Waals surface area contributed by atoms with Gasteiger partial charge in [-0.1, -0.05) is 31.9 Å². The molecule has 0 amide bonds. The Bertz CT molecular complexity index is 350. The third-order valence-electron chi connectivity index (χ3n) is 2.30. The molecule has 0 saturated heterocycles. The molecule has 1 aromatic rings. The minimum atomic E-state index is -2.11. The Balaban J connectivity index is 2.86. The van der Waals surface area contributed by atoms with Crippen LogP contribution in [0.1, 0.15) is 31.7 Å². The Labute approximate surface area is 92.4 Å². The SMILES string of the molecule is CCCCCc1cccc(O)c1S(=O)O. The van der Waals surface area contributed by atoms with Crippen molar-refractivity contribution in [1.82, 2.24) is 0 Å². The Morgan fingerprint density at radius 3 is 2.67 bits per heavy atom. The maximum atomic E-state index is 11.0. The second-order valence-corrected chi connectivity index (χ2v) is 4.38. The highest BCUT2D eigenvalue weighted by Crippen LogP contribution is 2.25. The first-order chi connectivity index (χ1) is 7.16. The number of phenolic OH excluding ortho intramolecular Hbond substituents is 1. The summed E-state index contributed by atoms with van der Waals surface area (Å²) in [5.41, 5.74) is 0.768. The summed E-state index contributed by atoms with van der Waals surface area (Å²) in [5.74, 6) is -0.0927. The molecule has 0 aromatic heterocycles. The van der Waals surface area contributed by atoms with E-state index in [2.05, 4.69) is 6.92 Å². The Kier molecular flexibility index (Phi) is 4.78. The Hall–Kier alpha value is -0.870. The predicted molar refractivity (Wildman–Crippen MR) is 60.4 cm³/mol. The number of phenols is 1. The van der Waals surface area contributed by atoms with Gasteiger partial charge in [-0.05, 0) is 24.5 Å². The molecule has 0 saturated carbocycles. The molecule has 1 atom stereocenters. The fraction of sp³-hybridized carbons (Fsp3) is 0.455. The van der Waals surface area contributed by atoms with Crippen LogP contribution in [-0.4, -0.2) is 13.9 Å².